The minimum absolute atomic E-state index is 0.0745. The lowest BCUT2D eigenvalue weighted by atomic mass is 9.88. The Morgan fingerprint density at radius 3 is 2.41 bits per heavy atom. The lowest BCUT2D eigenvalue weighted by molar-refractivity contribution is -0.124. The molecular formula is C34H34Cl2N2O. The Morgan fingerprint density at radius 2 is 1.64 bits per heavy atom. The first kappa shape index (κ1) is 26.4. The summed E-state index contributed by atoms with van der Waals surface area (Å²) in [6, 6.07) is 31.1. The molecule has 5 heteroatoms. The third-order valence-electron chi connectivity index (χ3n) is 8.92. The summed E-state index contributed by atoms with van der Waals surface area (Å²) in [5.74, 6) is 0.930. The van der Waals surface area contributed by atoms with Gasteiger partial charge in [-0.25, -0.2) is 0 Å². The number of carbonyl (C=O) groups excluding carboxylic acids is 1. The molecule has 2 fully saturated rings. The second-order valence-corrected chi connectivity index (χ2v) is 12.1. The average Bonchev–Trinajstić information content (AvgIpc) is 3.69. The molecule has 4 aromatic rings. The zero-order chi connectivity index (χ0) is 27.0. The molecule has 1 aliphatic carbocycles. The predicted molar refractivity (Wildman–Crippen MR) is 162 cm³/mol. The fourth-order valence-corrected chi connectivity index (χ4v) is 6.90. The second kappa shape index (κ2) is 11.0. The molecule has 1 heterocycles. The van der Waals surface area contributed by atoms with Gasteiger partial charge in [0.1, 0.15) is 0 Å². The summed E-state index contributed by atoms with van der Waals surface area (Å²) in [5.41, 5.74) is 2.94. The fourth-order valence-electron chi connectivity index (χ4n) is 6.60. The van der Waals surface area contributed by atoms with Gasteiger partial charge in [0.2, 0.25) is 5.91 Å². The van der Waals surface area contributed by atoms with E-state index in [1.165, 1.54) is 16.3 Å². The summed E-state index contributed by atoms with van der Waals surface area (Å²) in [4.78, 5) is 16.7. The Kier molecular flexibility index (Phi) is 7.41. The second-order valence-electron chi connectivity index (χ2n) is 11.3. The van der Waals surface area contributed by atoms with E-state index in [9.17, 15) is 4.79 Å². The minimum atomic E-state index is -0.594. The fraction of sp³-hybridized carbons (Fsp3) is 0.324. The number of hydrogen-bond donors (Lipinski definition) is 1. The molecule has 3 atom stereocenters. The van der Waals surface area contributed by atoms with Gasteiger partial charge < -0.3 is 10.2 Å². The number of nitrogens with one attached hydrogen (secondary N) is 1. The number of piperidine rings is 1. The molecule has 0 bridgehead atoms. The highest BCUT2D eigenvalue weighted by atomic mass is 35.5. The van der Waals surface area contributed by atoms with Crippen LogP contribution >= 0.6 is 23.2 Å². The Bertz CT molecular complexity index is 1480. The maximum atomic E-state index is 14.1. The quantitative estimate of drug-likeness (QED) is 0.249. The van der Waals surface area contributed by atoms with Crippen molar-refractivity contribution in [2.75, 3.05) is 19.6 Å². The Balaban J connectivity index is 1.20. The van der Waals surface area contributed by atoms with Crippen molar-refractivity contribution in [2.24, 2.45) is 5.92 Å². The van der Waals surface area contributed by atoms with Crippen LogP contribution in [0.3, 0.4) is 0 Å². The van der Waals surface area contributed by atoms with E-state index < -0.39 is 5.41 Å². The van der Waals surface area contributed by atoms with Crippen molar-refractivity contribution in [1.82, 2.24) is 10.2 Å². The van der Waals surface area contributed by atoms with Crippen LogP contribution in [0.4, 0.5) is 0 Å². The van der Waals surface area contributed by atoms with Crippen LogP contribution in [-0.4, -0.2) is 30.4 Å². The van der Waals surface area contributed by atoms with Gasteiger partial charge in [0, 0.05) is 6.54 Å². The van der Waals surface area contributed by atoms with Crippen LogP contribution < -0.4 is 5.32 Å². The standard InChI is InChI=1S/C34H34Cl2N2O/c1-23(29-13-7-11-26-10-5-6-12-30(26)29)37-33(39)34(27-14-15-31(35)32(36)20-27)21-28(34)22-38-18-16-25(17-19-38)24-8-3-2-4-9-24/h2-15,20,23,25,28H,16-19,21-22H2,1H3,(H,37,39)/t23?,28-,34+/m0/s1. The van der Waals surface area contributed by atoms with Crippen LogP contribution in [0.5, 0.6) is 0 Å². The molecule has 0 aromatic heterocycles. The van der Waals surface area contributed by atoms with Gasteiger partial charge >= 0.3 is 0 Å². The van der Waals surface area contributed by atoms with Gasteiger partial charge in [0.25, 0.3) is 0 Å². The van der Waals surface area contributed by atoms with E-state index >= 15 is 0 Å². The molecule has 6 rings (SSSR count). The van der Waals surface area contributed by atoms with Crippen LogP contribution in [0.2, 0.25) is 10.0 Å². The Morgan fingerprint density at radius 1 is 0.923 bits per heavy atom. The van der Waals surface area contributed by atoms with E-state index in [0.717, 1.165) is 50.0 Å². The number of halogens is 2. The molecule has 1 saturated carbocycles. The normalized spacial score (nSPS) is 22.5. The Labute approximate surface area is 241 Å². The molecule has 3 nitrogen and oxygen atoms in total. The number of amides is 1. The number of rotatable bonds is 7. The third kappa shape index (κ3) is 5.20. The van der Waals surface area contributed by atoms with Crippen molar-refractivity contribution in [3.05, 3.63) is 118 Å². The van der Waals surface area contributed by atoms with E-state index in [0.29, 0.717) is 16.0 Å². The first-order chi connectivity index (χ1) is 19.0. The largest absolute Gasteiger partial charge is 0.349 e. The van der Waals surface area contributed by atoms with E-state index in [-0.39, 0.29) is 17.9 Å². The highest BCUT2D eigenvalue weighted by Crippen LogP contribution is 2.56. The number of benzene rings is 4. The van der Waals surface area contributed by atoms with Crippen LogP contribution in [0.25, 0.3) is 10.8 Å². The first-order valence-corrected chi connectivity index (χ1v) is 14.7. The molecule has 0 spiro atoms. The predicted octanol–water partition coefficient (Wildman–Crippen LogP) is 8.16. The first-order valence-electron chi connectivity index (χ1n) is 14.0. The topological polar surface area (TPSA) is 32.3 Å². The maximum absolute atomic E-state index is 14.1. The van der Waals surface area contributed by atoms with Crippen LogP contribution in [0.15, 0.2) is 91.0 Å². The van der Waals surface area contributed by atoms with E-state index in [1.807, 2.05) is 24.3 Å². The van der Waals surface area contributed by atoms with Crippen LogP contribution in [0.1, 0.15) is 54.8 Å². The lowest BCUT2D eigenvalue weighted by Crippen LogP contribution is -2.41. The van der Waals surface area contributed by atoms with Crippen molar-refractivity contribution < 1.29 is 4.79 Å². The van der Waals surface area contributed by atoms with Gasteiger partial charge in [0.15, 0.2) is 0 Å². The maximum Gasteiger partial charge on any atom is 0.231 e. The number of nitrogens with zero attached hydrogens (tertiary/aromatic N) is 1. The lowest BCUT2D eigenvalue weighted by Gasteiger charge is -2.33. The smallest absolute Gasteiger partial charge is 0.231 e. The monoisotopic (exact) mass is 556 g/mol. The summed E-state index contributed by atoms with van der Waals surface area (Å²) in [6.45, 7) is 5.11. The van der Waals surface area contributed by atoms with E-state index in [4.69, 9.17) is 23.2 Å². The van der Waals surface area contributed by atoms with Crippen molar-refractivity contribution in [2.45, 2.75) is 43.6 Å². The molecule has 2 aliphatic rings. The SMILES string of the molecule is CC(NC(=O)[C@@]1(c2ccc(Cl)c(Cl)c2)C[C@H]1CN1CCC(c2ccccc2)CC1)c1cccc2ccccc12. The summed E-state index contributed by atoms with van der Waals surface area (Å²) in [7, 11) is 0. The van der Waals surface area contributed by atoms with Gasteiger partial charge in [-0.2, -0.15) is 0 Å². The number of likely N-dealkylation sites (tertiary alicyclic amines) is 1. The van der Waals surface area contributed by atoms with Gasteiger partial charge in [-0.05, 0) is 90.7 Å². The van der Waals surface area contributed by atoms with E-state index in [2.05, 4.69) is 83.9 Å². The van der Waals surface area contributed by atoms with Crippen LogP contribution in [0, 0.1) is 5.92 Å². The number of carbonyl (C=O) groups is 1. The highest BCUT2D eigenvalue weighted by Gasteiger charge is 2.61. The van der Waals surface area contributed by atoms with Crippen molar-refractivity contribution in [3.63, 3.8) is 0 Å². The van der Waals surface area contributed by atoms with Crippen LogP contribution in [-0.2, 0) is 10.2 Å². The zero-order valence-corrected chi connectivity index (χ0v) is 23.8. The summed E-state index contributed by atoms with van der Waals surface area (Å²) in [5, 5.41) is 6.75. The molecule has 0 radical (unpaired) electrons. The van der Waals surface area contributed by atoms with Gasteiger partial charge in [-0.1, -0.05) is 102 Å². The van der Waals surface area contributed by atoms with Crippen molar-refractivity contribution in [1.29, 1.82) is 0 Å². The Hall–Kier alpha value is -2.85. The molecule has 39 heavy (non-hydrogen) atoms. The molecule has 1 aliphatic heterocycles. The average molecular weight is 558 g/mol. The molecule has 1 saturated heterocycles. The molecule has 200 valence electrons. The molecule has 1 unspecified atom stereocenters. The summed E-state index contributed by atoms with van der Waals surface area (Å²) < 4.78 is 0. The highest BCUT2D eigenvalue weighted by molar-refractivity contribution is 6.42. The van der Waals surface area contributed by atoms with Gasteiger partial charge in [-0.15, -0.1) is 0 Å². The third-order valence-corrected chi connectivity index (χ3v) is 9.66. The van der Waals surface area contributed by atoms with Gasteiger partial charge in [0.05, 0.1) is 21.5 Å². The van der Waals surface area contributed by atoms with Crippen molar-refractivity contribution in [3.8, 4) is 0 Å². The molecule has 1 amide bonds. The van der Waals surface area contributed by atoms with Crippen molar-refractivity contribution >= 4 is 39.9 Å². The van der Waals surface area contributed by atoms with Gasteiger partial charge in [-0.3, -0.25) is 4.79 Å². The van der Waals surface area contributed by atoms with E-state index in [1.54, 1.807) is 0 Å². The number of fused-ring (bicyclic) bond motifs is 1. The summed E-state index contributed by atoms with van der Waals surface area (Å²) >= 11 is 12.7. The molecule has 4 aromatic carbocycles. The zero-order valence-electron chi connectivity index (χ0n) is 22.2. The summed E-state index contributed by atoms with van der Waals surface area (Å²) in [6.07, 6.45) is 3.12. The minimum Gasteiger partial charge on any atom is -0.349 e. The number of hydrogen-bond acceptors (Lipinski definition) is 2. The molecular weight excluding hydrogens is 523 g/mol. The molecule has 1 N–H and O–H groups in total.